The van der Waals surface area contributed by atoms with Gasteiger partial charge in [0.2, 0.25) is 5.88 Å². The number of hydrogen-bond acceptors (Lipinski definition) is 5. The zero-order valence-electron chi connectivity index (χ0n) is 10.3. The number of hydrogen-bond donors (Lipinski definition) is 1. The molecule has 0 fully saturated rings. The van der Waals surface area contributed by atoms with E-state index in [-0.39, 0.29) is 16.0 Å². The van der Waals surface area contributed by atoms with Crippen LogP contribution in [0.25, 0.3) is 0 Å². The minimum Gasteiger partial charge on any atom is -0.338 e. The van der Waals surface area contributed by atoms with E-state index in [1.807, 2.05) is 20.8 Å². The van der Waals surface area contributed by atoms with Crippen LogP contribution in [-0.2, 0) is 10.0 Å². The molecular weight excluding hydrogens is 272 g/mol. The van der Waals surface area contributed by atoms with Crippen molar-refractivity contribution in [2.24, 2.45) is 0 Å². The van der Waals surface area contributed by atoms with Gasteiger partial charge < -0.3 is 4.52 Å². The number of thiophene rings is 1. The lowest BCUT2D eigenvalue weighted by molar-refractivity contribution is 0.423. The normalized spacial score (nSPS) is 12.0. The molecule has 0 amide bonds. The Morgan fingerprint density at radius 2 is 2.11 bits per heavy atom. The fourth-order valence-electron chi connectivity index (χ4n) is 1.35. The van der Waals surface area contributed by atoms with Gasteiger partial charge in [0.25, 0.3) is 10.0 Å². The molecule has 0 bridgehead atoms. The van der Waals surface area contributed by atoms with Gasteiger partial charge in [0.15, 0.2) is 0 Å². The number of rotatable bonds is 4. The number of anilines is 1. The first-order valence-electron chi connectivity index (χ1n) is 5.44. The molecule has 0 saturated heterocycles. The molecule has 1 N–H and O–H groups in total. The molecule has 0 aliphatic rings. The highest BCUT2D eigenvalue weighted by Crippen LogP contribution is 2.24. The van der Waals surface area contributed by atoms with Crippen LogP contribution in [0.1, 0.15) is 30.3 Å². The first kappa shape index (κ1) is 13.1. The highest BCUT2D eigenvalue weighted by molar-refractivity contribution is 7.94. The van der Waals surface area contributed by atoms with E-state index in [0.29, 0.717) is 0 Å². The highest BCUT2D eigenvalue weighted by Gasteiger charge is 2.19. The van der Waals surface area contributed by atoms with Crippen molar-refractivity contribution in [2.45, 2.75) is 30.9 Å². The molecule has 2 aromatic heterocycles. The summed E-state index contributed by atoms with van der Waals surface area (Å²) < 4.78 is 31.6. The van der Waals surface area contributed by atoms with E-state index < -0.39 is 10.0 Å². The van der Waals surface area contributed by atoms with Crippen LogP contribution in [0.2, 0.25) is 0 Å². The Bertz CT molecular complexity index is 641. The molecule has 5 nitrogen and oxygen atoms in total. The predicted octanol–water partition coefficient (Wildman–Crippen LogP) is 2.97. The number of aromatic nitrogens is 1. The van der Waals surface area contributed by atoms with Crippen molar-refractivity contribution in [1.82, 2.24) is 5.16 Å². The van der Waals surface area contributed by atoms with Crippen molar-refractivity contribution in [1.29, 1.82) is 0 Å². The van der Waals surface area contributed by atoms with Gasteiger partial charge in [-0.15, -0.1) is 11.3 Å². The maximum Gasteiger partial charge on any atom is 0.273 e. The van der Waals surface area contributed by atoms with Crippen molar-refractivity contribution >= 4 is 27.2 Å². The van der Waals surface area contributed by atoms with Crippen molar-refractivity contribution < 1.29 is 12.9 Å². The molecule has 0 atom stereocenters. The van der Waals surface area contributed by atoms with Crippen molar-refractivity contribution in [3.8, 4) is 0 Å². The standard InChI is InChI=1S/C11H14N2O3S2/c1-7(2)9-6-10(16-12-9)13-18(14,15)11-5-4-8(3)17-11/h4-7,13H,1-3H3. The van der Waals surface area contributed by atoms with Gasteiger partial charge in [-0.05, 0) is 25.0 Å². The first-order valence-corrected chi connectivity index (χ1v) is 7.74. The van der Waals surface area contributed by atoms with Crippen molar-refractivity contribution in [3.63, 3.8) is 0 Å². The molecule has 2 heterocycles. The number of nitrogens with one attached hydrogen (secondary N) is 1. The number of nitrogens with zero attached hydrogens (tertiary/aromatic N) is 1. The zero-order valence-corrected chi connectivity index (χ0v) is 11.9. The van der Waals surface area contributed by atoms with Gasteiger partial charge in [-0.25, -0.2) is 13.1 Å². The minimum atomic E-state index is -3.57. The summed E-state index contributed by atoms with van der Waals surface area (Å²) in [5.41, 5.74) is 0.718. The largest absolute Gasteiger partial charge is 0.338 e. The Kier molecular flexibility index (Phi) is 3.45. The third-order valence-electron chi connectivity index (χ3n) is 2.34. The third kappa shape index (κ3) is 2.73. The van der Waals surface area contributed by atoms with Crippen LogP contribution >= 0.6 is 11.3 Å². The molecule has 0 spiro atoms. The number of aryl methyl sites for hydroxylation is 1. The molecule has 7 heteroatoms. The second-order valence-electron chi connectivity index (χ2n) is 4.24. The summed E-state index contributed by atoms with van der Waals surface area (Å²) in [5.74, 6) is 0.334. The van der Waals surface area contributed by atoms with Gasteiger partial charge in [0.05, 0.1) is 5.69 Å². The zero-order chi connectivity index (χ0) is 13.3. The summed E-state index contributed by atoms with van der Waals surface area (Å²) in [6.45, 7) is 5.77. The summed E-state index contributed by atoms with van der Waals surface area (Å²) in [6.07, 6.45) is 0. The van der Waals surface area contributed by atoms with Gasteiger partial charge >= 0.3 is 0 Å². The van der Waals surface area contributed by atoms with Gasteiger partial charge in [-0.1, -0.05) is 19.0 Å². The maximum atomic E-state index is 12.0. The molecule has 0 aliphatic heterocycles. The minimum absolute atomic E-state index is 0.143. The Morgan fingerprint density at radius 3 is 2.61 bits per heavy atom. The van der Waals surface area contributed by atoms with E-state index in [1.165, 1.54) is 11.3 Å². The lowest BCUT2D eigenvalue weighted by atomic mass is 10.1. The second kappa shape index (κ2) is 4.74. The molecule has 2 aromatic rings. The molecule has 0 aliphatic carbocycles. The van der Waals surface area contributed by atoms with E-state index in [1.54, 1.807) is 18.2 Å². The first-order chi connectivity index (χ1) is 8.38. The molecule has 0 aromatic carbocycles. The quantitative estimate of drug-likeness (QED) is 0.937. The lowest BCUT2D eigenvalue weighted by Gasteiger charge is -2.00. The van der Waals surface area contributed by atoms with Crippen molar-refractivity contribution in [3.05, 3.63) is 28.8 Å². The van der Waals surface area contributed by atoms with E-state index in [9.17, 15) is 8.42 Å². The summed E-state index contributed by atoms with van der Waals surface area (Å²) in [6, 6.07) is 4.93. The average molecular weight is 286 g/mol. The Labute approximate surface area is 110 Å². The molecule has 18 heavy (non-hydrogen) atoms. The monoisotopic (exact) mass is 286 g/mol. The smallest absolute Gasteiger partial charge is 0.273 e. The van der Waals surface area contributed by atoms with Crippen LogP contribution in [0, 0.1) is 6.92 Å². The SMILES string of the molecule is Cc1ccc(S(=O)(=O)Nc2cc(C(C)C)no2)s1. The summed E-state index contributed by atoms with van der Waals surface area (Å²) in [5, 5.41) is 3.80. The van der Waals surface area contributed by atoms with E-state index in [0.717, 1.165) is 10.6 Å². The van der Waals surface area contributed by atoms with Crippen LogP contribution in [0.4, 0.5) is 5.88 Å². The molecule has 98 valence electrons. The Hall–Kier alpha value is -1.34. The van der Waals surface area contributed by atoms with E-state index in [2.05, 4.69) is 9.88 Å². The molecule has 0 unspecified atom stereocenters. The average Bonchev–Trinajstić information content (AvgIpc) is 2.86. The molecule has 0 radical (unpaired) electrons. The molecular formula is C11H14N2O3S2. The van der Waals surface area contributed by atoms with Crippen LogP contribution in [0.5, 0.6) is 0 Å². The van der Waals surface area contributed by atoms with Crippen molar-refractivity contribution in [2.75, 3.05) is 4.72 Å². The topological polar surface area (TPSA) is 72.2 Å². The predicted molar refractivity (Wildman–Crippen MR) is 70.5 cm³/mol. The van der Waals surface area contributed by atoms with Crippen LogP contribution in [0.3, 0.4) is 0 Å². The summed E-state index contributed by atoms with van der Waals surface area (Å²) in [4.78, 5) is 0.941. The van der Waals surface area contributed by atoms with Gasteiger partial charge in [0, 0.05) is 10.9 Å². The molecule has 0 saturated carbocycles. The second-order valence-corrected chi connectivity index (χ2v) is 7.44. The highest BCUT2D eigenvalue weighted by atomic mass is 32.2. The van der Waals surface area contributed by atoms with Gasteiger partial charge in [0.1, 0.15) is 4.21 Å². The fourth-order valence-corrected chi connectivity index (χ4v) is 3.60. The van der Waals surface area contributed by atoms with E-state index in [4.69, 9.17) is 4.52 Å². The Morgan fingerprint density at radius 1 is 1.39 bits per heavy atom. The third-order valence-corrected chi connectivity index (χ3v) is 5.17. The van der Waals surface area contributed by atoms with E-state index >= 15 is 0 Å². The van der Waals surface area contributed by atoms with Gasteiger partial charge in [-0.2, -0.15) is 0 Å². The fraction of sp³-hybridized carbons (Fsp3) is 0.364. The number of sulfonamides is 1. The van der Waals surface area contributed by atoms with Crippen LogP contribution < -0.4 is 4.72 Å². The summed E-state index contributed by atoms with van der Waals surface area (Å²) >= 11 is 1.21. The van der Waals surface area contributed by atoms with Crippen LogP contribution in [0.15, 0.2) is 26.9 Å². The van der Waals surface area contributed by atoms with Gasteiger partial charge in [-0.3, -0.25) is 0 Å². The summed E-state index contributed by atoms with van der Waals surface area (Å²) in [7, 11) is -3.57. The van der Waals surface area contributed by atoms with Crippen LogP contribution in [-0.4, -0.2) is 13.6 Å². The maximum absolute atomic E-state index is 12.0. The Balaban J connectivity index is 2.22. The lowest BCUT2D eigenvalue weighted by Crippen LogP contribution is -2.10. The molecule has 2 rings (SSSR count).